The van der Waals surface area contributed by atoms with Gasteiger partial charge in [-0.3, -0.25) is 4.79 Å². The van der Waals surface area contributed by atoms with Gasteiger partial charge in [-0.2, -0.15) is 0 Å². The smallest absolute Gasteiger partial charge is 0.340 e. The zero-order valence-electron chi connectivity index (χ0n) is 20.8. The number of methoxy groups -OCH3 is 1. The lowest BCUT2D eigenvalue weighted by molar-refractivity contribution is -0.116. The van der Waals surface area contributed by atoms with Crippen molar-refractivity contribution in [2.75, 3.05) is 45.3 Å². The maximum Gasteiger partial charge on any atom is 0.340 e. The minimum Gasteiger partial charge on any atom is -0.487 e. The number of nitrogens with zero attached hydrogens (tertiary/aromatic N) is 1. The molecule has 0 spiro atoms. The number of hydrogen-bond donors (Lipinski definition) is 3. The first kappa shape index (κ1) is 27.5. The molecule has 10 nitrogen and oxygen atoms in total. The number of esters is 1. The fourth-order valence-electron chi connectivity index (χ4n) is 4.02. The van der Waals surface area contributed by atoms with Gasteiger partial charge in [-0.1, -0.05) is 0 Å². The van der Waals surface area contributed by atoms with Crippen molar-refractivity contribution in [3.8, 4) is 17.2 Å². The molecule has 0 bridgehead atoms. The molecule has 0 aliphatic carbocycles. The Morgan fingerprint density at radius 1 is 1.21 bits per heavy atom. The van der Waals surface area contributed by atoms with Crippen LogP contribution in [-0.4, -0.2) is 56.9 Å². The Balaban J connectivity index is 1.58. The van der Waals surface area contributed by atoms with Crippen LogP contribution in [0.15, 0.2) is 41.9 Å². The molecular weight excluding hydrogens is 515 g/mol. The van der Waals surface area contributed by atoms with Gasteiger partial charge in [0, 0.05) is 36.7 Å². The molecule has 1 atom stereocenters. The van der Waals surface area contributed by atoms with Crippen molar-refractivity contribution in [1.82, 2.24) is 10.3 Å². The number of aromatic nitrogens is 1. The topological polar surface area (TPSA) is 134 Å². The fourth-order valence-corrected chi connectivity index (χ4v) is 4.57. The highest BCUT2D eigenvalue weighted by molar-refractivity contribution is 7.13. The van der Waals surface area contributed by atoms with E-state index in [0.717, 1.165) is 23.6 Å². The second-order valence-corrected chi connectivity index (χ2v) is 9.22. The number of nitrogens with one attached hydrogen (secondary N) is 2. The third-order valence-corrected chi connectivity index (χ3v) is 6.44. The molecular formula is C26H29FN4O6S. The van der Waals surface area contributed by atoms with Crippen LogP contribution >= 0.6 is 11.3 Å². The van der Waals surface area contributed by atoms with Crippen molar-refractivity contribution in [2.45, 2.75) is 18.9 Å². The summed E-state index contributed by atoms with van der Waals surface area (Å²) in [6, 6.07) is 7.27. The Labute approximate surface area is 223 Å². The highest BCUT2D eigenvalue weighted by Gasteiger charge is 2.26. The van der Waals surface area contributed by atoms with Crippen molar-refractivity contribution < 1.29 is 32.9 Å². The predicted octanol–water partition coefficient (Wildman–Crippen LogP) is 3.43. The van der Waals surface area contributed by atoms with E-state index in [1.165, 1.54) is 30.6 Å². The van der Waals surface area contributed by atoms with Crippen LogP contribution in [0.5, 0.6) is 17.2 Å². The Kier molecular flexibility index (Phi) is 9.60. The third-order valence-electron chi connectivity index (χ3n) is 5.76. The molecule has 2 aromatic carbocycles. The molecule has 1 aliphatic rings. The number of carbonyl (C=O) groups is 2. The highest BCUT2D eigenvalue weighted by atomic mass is 32.1. The summed E-state index contributed by atoms with van der Waals surface area (Å²) < 4.78 is 36.5. The molecule has 4 N–H and O–H groups in total. The normalized spacial score (nSPS) is 14.4. The van der Waals surface area contributed by atoms with Crippen molar-refractivity contribution in [3.05, 3.63) is 64.4 Å². The first-order chi connectivity index (χ1) is 18.5. The van der Waals surface area contributed by atoms with Crippen molar-refractivity contribution in [3.63, 3.8) is 0 Å². The first-order valence-electron chi connectivity index (χ1n) is 12.0. The van der Waals surface area contributed by atoms with Crippen molar-refractivity contribution >= 4 is 28.3 Å². The maximum atomic E-state index is 14.5. The summed E-state index contributed by atoms with van der Waals surface area (Å²) in [5.74, 6) is -0.781. The highest BCUT2D eigenvalue weighted by Crippen LogP contribution is 2.39. The molecule has 4 rings (SSSR count). The lowest BCUT2D eigenvalue weighted by atomic mass is 9.91. The van der Waals surface area contributed by atoms with Gasteiger partial charge in [-0.15, -0.1) is 11.3 Å². The summed E-state index contributed by atoms with van der Waals surface area (Å²) in [5, 5.41) is 8.51. The Morgan fingerprint density at radius 2 is 2.08 bits per heavy atom. The van der Waals surface area contributed by atoms with Gasteiger partial charge in [0.2, 0.25) is 5.91 Å². The van der Waals surface area contributed by atoms with Gasteiger partial charge < -0.3 is 35.3 Å². The number of hydrogen-bond acceptors (Lipinski definition) is 10. The molecule has 0 radical (unpaired) electrons. The SMILES string of the molecule is COC(=O)c1ccc(Oc2cc3c(cc2OCCOCCN)CCNC3CC(=O)Nc2nccs2)cc1F. The van der Waals surface area contributed by atoms with E-state index < -0.39 is 11.8 Å². The Bertz CT molecular complexity index is 1260. The van der Waals surface area contributed by atoms with Gasteiger partial charge in [0.15, 0.2) is 16.6 Å². The van der Waals surface area contributed by atoms with Gasteiger partial charge in [0.05, 0.1) is 25.9 Å². The number of carbonyl (C=O) groups excluding carboxylic acids is 2. The van der Waals surface area contributed by atoms with Crippen LogP contribution in [-0.2, 0) is 20.7 Å². The van der Waals surface area contributed by atoms with E-state index in [1.54, 1.807) is 17.6 Å². The molecule has 12 heteroatoms. The largest absolute Gasteiger partial charge is 0.487 e. The minimum absolute atomic E-state index is 0.168. The van der Waals surface area contributed by atoms with Gasteiger partial charge >= 0.3 is 5.97 Å². The average Bonchev–Trinajstić information content (AvgIpc) is 3.41. The molecule has 202 valence electrons. The monoisotopic (exact) mass is 544 g/mol. The van der Waals surface area contributed by atoms with E-state index >= 15 is 0 Å². The fraction of sp³-hybridized carbons (Fsp3) is 0.346. The summed E-state index contributed by atoms with van der Waals surface area (Å²) in [6.45, 7) is 2.09. The van der Waals surface area contributed by atoms with E-state index in [-0.39, 0.29) is 36.3 Å². The van der Waals surface area contributed by atoms with Crippen LogP contribution < -0.4 is 25.8 Å². The van der Waals surface area contributed by atoms with Crippen LogP contribution in [0.1, 0.15) is 33.9 Å². The summed E-state index contributed by atoms with van der Waals surface area (Å²) in [7, 11) is 1.18. The summed E-state index contributed by atoms with van der Waals surface area (Å²) in [4.78, 5) is 28.5. The lowest BCUT2D eigenvalue weighted by Crippen LogP contribution is -2.32. The van der Waals surface area contributed by atoms with Crippen LogP contribution in [0.3, 0.4) is 0 Å². The summed E-state index contributed by atoms with van der Waals surface area (Å²) >= 11 is 1.35. The van der Waals surface area contributed by atoms with Crippen LogP contribution in [0, 0.1) is 5.82 Å². The zero-order chi connectivity index (χ0) is 26.9. The van der Waals surface area contributed by atoms with E-state index in [0.29, 0.717) is 42.9 Å². The molecule has 0 saturated heterocycles. The zero-order valence-corrected chi connectivity index (χ0v) is 21.6. The maximum absolute atomic E-state index is 14.5. The standard InChI is InChI=1S/C26H29FN4O6S/c1-34-25(33)18-3-2-17(13-20(18)27)37-23-14-19-16(12-22(23)36-10-9-35-8-5-28)4-6-29-21(19)15-24(32)31-26-30-7-11-38-26/h2-3,7,11-14,21,29H,4-6,8-10,15,28H2,1H3,(H,30,31,32). The number of ether oxygens (including phenoxy) is 4. The molecule has 38 heavy (non-hydrogen) atoms. The molecule has 0 saturated carbocycles. The van der Waals surface area contributed by atoms with Crippen LogP contribution in [0.4, 0.5) is 9.52 Å². The lowest BCUT2D eigenvalue weighted by Gasteiger charge is -2.28. The van der Waals surface area contributed by atoms with Gasteiger partial charge in [0.1, 0.15) is 18.2 Å². The van der Waals surface area contributed by atoms with Crippen LogP contribution in [0.25, 0.3) is 0 Å². The van der Waals surface area contributed by atoms with E-state index in [4.69, 9.17) is 19.9 Å². The summed E-state index contributed by atoms with van der Waals surface area (Å²) in [6.07, 6.45) is 2.53. The van der Waals surface area contributed by atoms with Gasteiger partial charge in [0.25, 0.3) is 0 Å². The van der Waals surface area contributed by atoms with Crippen molar-refractivity contribution in [2.24, 2.45) is 5.73 Å². The predicted molar refractivity (Wildman–Crippen MR) is 139 cm³/mol. The van der Waals surface area contributed by atoms with E-state index in [2.05, 4.69) is 20.4 Å². The Morgan fingerprint density at radius 3 is 2.82 bits per heavy atom. The third kappa shape index (κ3) is 7.04. The quantitative estimate of drug-likeness (QED) is 0.232. The molecule has 1 unspecified atom stereocenters. The van der Waals surface area contributed by atoms with E-state index in [9.17, 15) is 14.0 Å². The number of anilines is 1. The van der Waals surface area contributed by atoms with Crippen LogP contribution in [0.2, 0.25) is 0 Å². The number of fused-ring (bicyclic) bond motifs is 1. The number of nitrogens with two attached hydrogens (primary N) is 1. The number of rotatable bonds is 12. The number of benzene rings is 2. The Hall–Kier alpha value is -3.58. The molecule has 2 heterocycles. The van der Waals surface area contributed by atoms with Gasteiger partial charge in [-0.05, 0) is 48.4 Å². The molecule has 0 fully saturated rings. The van der Waals surface area contributed by atoms with E-state index in [1.807, 2.05) is 6.07 Å². The molecule has 1 aliphatic heterocycles. The average molecular weight is 545 g/mol. The molecule has 1 aromatic heterocycles. The first-order valence-corrected chi connectivity index (χ1v) is 12.9. The second-order valence-electron chi connectivity index (χ2n) is 8.33. The van der Waals surface area contributed by atoms with Crippen molar-refractivity contribution in [1.29, 1.82) is 0 Å². The summed E-state index contributed by atoms with van der Waals surface area (Å²) in [5.41, 5.74) is 7.14. The van der Waals surface area contributed by atoms with Gasteiger partial charge in [-0.25, -0.2) is 14.2 Å². The minimum atomic E-state index is -0.783. The number of halogens is 1. The molecule has 3 aromatic rings. The number of thiazole rings is 1. The molecule has 1 amide bonds. The second kappa shape index (κ2) is 13.3. The number of amides is 1.